The van der Waals surface area contributed by atoms with Gasteiger partial charge in [-0.15, -0.1) is 0 Å². The Balaban J connectivity index is 0.000000801. The minimum absolute atomic E-state index is 0.0365. The largest absolute Gasteiger partial charge is 0.417 e. The lowest BCUT2D eigenvalue weighted by Gasteiger charge is -2.14. The molecule has 10 heteroatoms. The molecule has 0 saturated heterocycles. The Bertz CT molecular complexity index is 1590. The highest BCUT2D eigenvalue weighted by Gasteiger charge is 2.34. The highest BCUT2D eigenvalue weighted by molar-refractivity contribution is 6.42. The number of pyridine rings is 1. The van der Waals surface area contributed by atoms with E-state index in [0.29, 0.717) is 41.1 Å². The van der Waals surface area contributed by atoms with Crippen LogP contribution < -0.4 is 0 Å². The molecule has 3 aromatic rings. The van der Waals surface area contributed by atoms with E-state index in [1.165, 1.54) is 36.7 Å². The van der Waals surface area contributed by atoms with Crippen LogP contribution in [0.2, 0.25) is 0 Å². The second-order valence-corrected chi connectivity index (χ2v) is 10.8. The Kier molecular flexibility index (Phi) is 11.2. The molecule has 1 aromatic heterocycles. The summed E-state index contributed by atoms with van der Waals surface area (Å²) in [5.41, 5.74) is 0.514. The Labute approximate surface area is 253 Å². The minimum Gasteiger partial charge on any atom is -0.294 e. The fourth-order valence-corrected chi connectivity index (χ4v) is 4.04. The zero-order chi connectivity index (χ0) is 32.7. The molecule has 0 saturated carbocycles. The van der Waals surface area contributed by atoms with Crippen molar-refractivity contribution < 1.29 is 26.3 Å². The van der Waals surface area contributed by atoms with E-state index in [9.17, 15) is 26.3 Å². The summed E-state index contributed by atoms with van der Waals surface area (Å²) in [7, 11) is 1.56. The standard InChI is InChI=1S/C29H23F5N4.C5H11F/c1-4-18-8-11-21(23(14-18)29(32,33)34)19-9-10-20(36-15-19)12-17(2)13-25-26(16-35-3)38-28(37-25)22-6-5-7-24(30)27(22)31;1-4-5(2,3)6/h4-11,13-17H,1,12H2,2-3H3;4H2,1-3H3/b25-13+,35-16?;. The van der Waals surface area contributed by atoms with E-state index < -0.39 is 29.0 Å². The first-order chi connectivity index (χ1) is 20.7. The molecule has 0 spiro atoms. The van der Waals surface area contributed by atoms with Crippen molar-refractivity contribution >= 4 is 23.8 Å². The van der Waals surface area contributed by atoms with Crippen LogP contribution in [0.1, 0.15) is 56.5 Å². The van der Waals surface area contributed by atoms with Gasteiger partial charge < -0.3 is 0 Å². The maximum atomic E-state index is 14.3. The van der Waals surface area contributed by atoms with Gasteiger partial charge >= 0.3 is 6.18 Å². The van der Waals surface area contributed by atoms with Crippen molar-refractivity contribution in [3.05, 3.63) is 107 Å². The Hall–Kier alpha value is -4.34. The van der Waals surface area contributed by atoms with Gasteiger partial charge in [0.1, 0.15) is 11.4 Å². The molecule has 2 aromatic carbocycles. The predicted molar refractivity (Wildman–Crippen MR) is 166 cm³/mol. The summed E-state index contributed by atoms with van der Waals surface area (Å²) in [5, 5.41) is 0. The average molecular weight is 613 g/mol. The first kappa shape index (κ1) is 34.2. The molecule has 2 heterocycles. The first-order valence-electron chi connectivity index (χ1n) is 13.9. The molecule has 1 aliphatic rings. The highest BCUT2D eigenvalue weighted by Crippen LogP contribution is 2.38. The SMILES string of the molecule is C=Cc1ccc(-c2ccc(CC(C)/C=C3/N=C(c4cccc(F)c4F)N=C3C=NC)nc2)c(C(F)(F)F)c1.CCC(C)(C)F. The van der Waals surface area contributed by atoms with E-state index in [-0.39, 0.29) is 22.9 Å². The van der Waals surface area contributed by atoms with Crippen molar-refractivity contribution in [2.45, 2.75) is 52.4 Å². The highest BCUT2D eigenvalue weighted by atomic mass is 19.4. The van der Waals surface area contributed by atoms with Crippen molar-refractivity contribution in [1.29, 1.82) is 0 Å². The number of hydrogen-bond acceptors (Lipinski definition) is 4. The van der Waals surface area contributed by atoms with Crippen LogP contribution in [0, 0.1) is 17.6 Å². The molecular formula is C34H34F6N4. The second-order valence-electron chi connectivity index (χ2n) is 10.8. The van der Waals surface area contributed by atoms with Crippen molar-refractivity contribution in [1.82, 2.24) is 4.98 Å². The summed E-state index contributed by atoms with van der Waals surface area (Å²) in [6, 6.07) is 11.1. The molecule has 0 bridgehead atoms. The molecule has 0 N–H and O–H groups in total. The smallest absolute Gasteiger partial charge is 0.294 e. The number of aromatic nitrogens is 1. The van der Waals surface area contributed by atoms with E-state index in [1.54, 1.807) is 39.1 Å². The lowest BCUT2D eigenvalue weighted by atomic mass is 9.97. The lowest BCUT2D eigenvalue weighted by Crippen LogP contribution is -2.08. The van der Waals surface area contributed by atoms with Crippen molar-refractivity contribution in [2.75, 3.05) is 7.05 Å². The van der Waals surface area contributed by atoms with Crippen LogP contribution in [0.4, 0.5) is 26.3 Å². The molecule has 4 nitrogen and oxygen atoms in total. The van der Waals surface area contributed by atoms with Crippen LogP contribution in [0.5, 0.6) is 0 Å². The average Bonchev–Trinajstić information content (AvgIpc) is 3.35. The van der Waals surface area contributed by atoms with Gasteiger partial charge in [-0.1, -0.05) is 56.8 Å². The minimum atomic E-state index is -4.52. The Morgan fingerprint density at radius 3 is 2.25 bits per heavy atom. The fourth-order valence-electron chi connectivity index (χ4n) is 4.04. The van der Waals surface area contributed by atoms with Crippen LogP contribution in [-0.4, -0.2) is 35.5 Å². The summed E-state index contributed by atoms with van der Waals surface area (Å²) in [6.45, 7) is 10.4. The van der Waals surface area contributed by atoms with Crippen LogP contribution in [0.25, 0.3) is 17.2 Å². The number of nitrogens with zero attached hydrogens (tertiary/aromatic N) is 4. The van der Waals surface area contributed by atoms with Crippen molar-refractivity contribution in [2.24, 2.45) is 20.9 Å². The van der Waals surface area contributed by atoms with Gasteiger partial charge in [-0.2, -0.15) is 13.2 Å². The van der Waals surface area contributed by atoms with E-state index in [0.717, 1.165) is 12.1 Å². The number of allylic oxidation sites excluding steroid dienone is 2. The third-order valence-corrected chi connectivity index (χ3v) is 6.69. The van der Waals surface area contributed by atoms with Gasteiger partial charge in [0.15, 0.2) is 17.5 Å². The summed E-state index contributed by atoms with van der Waals surface area (Å²) < 4.78 is 81.0. The molecule has 0 radical (unpaired) electrons. The summed E-state index contributed by atoms with van der Waals surface area (Å²) in [5.74, 6) is -2.10. The monoisotopic (exact) mass is 612 g/mol. The first-order valence-corrected chi connectivity index (χ1v) is 13.9. The maximum absolute atomic E-state index is 14.3. The Morgan fingerprint density at radius 2 is 1.68 bits per heavy atom. The van der Waals surface area contributed by atoms with Gasteiger partial charge in [-0.3, -0.25) is 9.98 Å². The number of aliphatic imine (C=N–C) groups is 3. The lowest BCUT2D eigenvalue weighted by molar-refractivity contribution is -0.137. The van der Waals surface area contributed by atoms with Gasteiger partial charge in [0.2, 0.25) is 0 Å². The third kappa shape index (κ3) is 9.08. The number of halogens is 6. The molecule has 1 aliphatic heterocycles. The molecule has 1 atom stereocenters. The van der Waals surface area contributed by atoms with E-state index in [2.05, 4.69) is 26.5 Å². The maximum Gasteiger partial charge on any atom is 0.417 e. The van der Waals surface area contributed by atoms with Gasteiger partial charge in [-0.05, 0) is 68.0 Å². The molecule has 0 fully saturated rings. The molecule has 1 unspecified atom stereocenters. The number of benzene rings is 2. The van der Waals surface area contributed by atoms with Gasteiger partial charge in [0.25, 0.3) is 0 Å². The summed E-state index contributed by atoms with van der Waals surface area (Å²) >= 11 is 0. The van der Waals surface area contributed by atoms with E-state index in [1.807, 2.05) is 19.9 Å². The molecule has 0 aliphatic carbocycles. The molecular weight excluding hydrogens is 578 g/mol. The van der Waals surface area contributed by atoms with E-state index in [4.69, 9.17) is 0 Å². The normalized spacial score (nSPS) is 15.1. The molecule has 4 rings (SSSR count). The summed E-state index contributed by atoms with van der Waals surface area (Å²) in [6.07, 6.45) is 2.62. The van der Waals surface area contributed by atoms with E-state index >= 15 is 0 Å². The predicted octanol–water partition coefficient (Wildman–Crippen LogP) is 9.50. The quantitative estimate of drug-likeness (QED) is 0.185. The van der Waals surface area contributed by atoms with Crippen LogP contribution in [0.15, 0.2) is 88.1 Å². The molecule has 0 amide bonds. The topological polar surface area (TPSA) is 50.0 Å². The molecule has 232 valence electrons. The van der Waals surface area contributed by atoms with Crippen LogP contribution in [-0.2, 0) is 12.6 Å². The number of amidine groups is 1. The zero-order valence-corrected chi connectivity index (χ0v) is 25.2. The van der Waals surface area contributed by atoms with Crippen molar-refractivity contribution in [3.8, 4) is 11.1 Å². The summed E-state index contributed by atoms with van der Waals surface area (Å²) in [4.78, 5) is 17.0. The number of alkyl halides is 4. The molecule has 44 heavy (non-hydrogen) atoms. The van der Waals surface area contributed by atoms with Gasteiger partial charge in [0, 0.05) is 30.7 Å². The van der Waals surface area contributed by atoms with Gasteiger partial charge in [-0.25, -0.2) is 23.2 Å². The zero-order valence-electron chi connectivity index (χ0n) is 25.2. The van der Waals surface area contributed by atoms with Crippen LogP contribution >= 0.6 is 0 Å². The number of rotatable bonds is 8. The Morgan fingerprint density at radius 1 is 0.977 bits per heavy atom. The van der Waals surface area contributed by atoms with Crippen LogP contribution in [0.3, 0.4) is 0 Å². The third-order valence-electron chi connectivity index (χ3n) is 6.69. The van der Waals surface area contributed by atoms with Gasteiger partial charge in [0.05, 0.1) is 16.8 Å². The fraction of sp³-hybridized carbons (Fsp3) is 0.294. The second kappa shape index (κ2) is 14.4. The number of hydrogen-bond donors (Lipinski definition) is 0. The van der Waals surface area contributed by atoms with Crippen molar-refractivity contribution in [3.63, 3.8) is 0 Å².